The third-order valence-corrected chi connectivity index (χ3v) is 5.67. The molecule has 1 saturated heterocycles. The number of rotatable bonds is 3. The minimum Gasteiger partial charge on any atom is -0.455 e. The van der Waals surface area contributed by atoms with Gasteiger partial charge in [0.25, 0.3) is 5.91 Å². The summed E-state index contributed by atoms with van der Waals surface area (Å²) in [5.74, 6) is 0.992. The van der Waals surface area contributed by atoms with Gasteiger partial charge in [-0.1, -0.05) is 6.07 Å². The second-order valence-corrected chi connectivity index (χ2v) is 7.81. The van der Waals surface area contributed by atoms with Gasteiger partial charge in [-0.15, -0.1) is 0 Å². The maximum absolute atomic E-state index is 12.9. The van der Waals surface area contributed by atoms with E-state index in [9.17, 15) is 18.0 Å². The highest BCUT2D eigenvalue weighted by Gasteiger charge is 2.31. The molecule has 1 aromatic heterocycles. The monoisotopic (exact) mass is 419 g/mol. The van der Waals surface area contributed by atoms with Gasteiger partial charge in [-0.05, 0) is 57.2 Å². The third-order valence-electron chi connectivity index (χ3n) is 5.67. The van der Waals surface area contributed by atoms with Crippen molar-refractivity contribution < 1.29 is 22.4 Å². The fraction of sp³-hybridized carbons (Fsp3) is 0.455. The Kier molecular flexibility index (Phi) is 5.58. The van der Waals surface area contributed by atoms with Crippen molar-refractivity contribution in [2.45, 2.75) is 51.6 Å². The maximum Gasteiger partial charge on any atom is 0.416 e. The van der Waals surface area contributed by atoms with E-state index < -0.39 is 11.7 Å². The molecular formula is C22H24F3N3O2. The fourth-order valence-corrected chi connectivity index (χ4v) is 4.12. The number of benzene rings is 1. The summed E-state index contributed by atoms with van der Waals surface area (Å²) in [5.41, 5.74) is 4.54. The van der Waals surface area contributed by atoms with E-state index >= 15 is 0 Å². The molecule has 4 rings (SSSR count). The van der Waals surface area contributed by atoms with E-state index in [-0.39, 0.29) is 11.6 Å². The lowest BCUT2D eigenvalue weighted by molar-refractivity contribution is -0.137. The number of likely N-dealkylation sites (tertiary alicyclic amines) is 1. The summed E-state index contributed by atoms with van der Waals surface area (Å²) in [6.07, 6.45) is 0.907. The predicted octanol–water partition coefficient (Wildman–Crippen LogP) is 5.39. The number of hydrogen-bond acceptors (Lipinski definition) is 4. The van der Waals surface area contributed by atoms with Gasteiger partial charge in [-0.2, -0.15) is 18.3 Å². The van der Waals surface area contributed by atoms with Crippen molar-refractivity contribution in [3.8, 4) is 0 Å². The summed E-state index contributed by atoms with van der Waals surface area (Å²) in [4.78, 5) is 14.8. The first-order chi connectivity index (χ1) is 14.3. The van der Waals surface area contributed by atoms with Crippen LogP contribution in [-0.2, 0) is 12.6 Å². The summed E-state index contributed by atoms with van der Waals surface area (Å²) < 4.78 is 44.7. The fourth-order valence-electron chi connectivity index (χ4n) is 4.12. The largest absolute Gasteiger partial charge is 0.455 e. The van der Waals surface area contributed by atoms with Gasteiger partial charge in [0.15, 0.2) is 5.76 Å². The van der Waals surface area contributed by atoms with Crippen LogP contribution in [0, 0.1) is 6.92 Å². The molecule has 0 bridgehead atoms. The van der Waals surface area contributed by atoms with Gasteiger partial charge in [0.1, 0.15) is 5.76 Å². The Hall–Kier alpha value is -2.77. The van der Waals surface area contributed by atoms with Crippen molar-refractivity contribution in [1.29, 1.82) is 0 Å². The number of alkyl halides is 3. The molecule has 8 heteroatoms. The van der Waals surface area contributed by atoms with E-state index in [4.69, 9.17) is 4.42 Å². The number of halogens is 3. The summed E-state index contributed by atoms with van der Waals surface area (Å²) in [5, 5.41) is 4.38. The van der Waals surface area contributed by atoms with Crippen LogP contribution in [-0.4, -0.2) is 29.6 Å². The molecule has 1 N–H and O–H groups in total. The molecule has 2 aromatic rings. The minimum absolute atomic E-state index is 0.0909. The second-order valence-electron chi connectivity index (χ2n) is 7.81. The van der Waals surface area contributed by atoms with Gasteiger partial charge in [-0.3, -0.25) is 10.2 Å². The van der Waals surface area contributed by atoms with Crippen LogP contribution in [0.4, 0.5) is 18.9 Å². The van der Waals surface area contributed by atoms with Crippen molar-refractivity contribution in [3.05, 3.63) is 52.5 Å². The molecule has 30 heavy (non-hydrogen) atoms. The highest BCUT2D eigenvalue weighted by atomic mass is 19.4. The number of amides is 1. The molecule has 1 aliphatic heterocycles. The number of hydrazone groups is 1. The number of nitrogens with one attached hydrogen (secondary N) is 1. The van der Waals surface area contributed by atoms with Crippen LogP contribution in [0.15, 0.2) is 33.8 Å². The predicted molar refractivity (Wildman–Crippen MR) is 108 cm³/mol. The van der Waals surface area contributed by atoms with E-state index in [0.29, 0.717) is 24.3 Å². The number of furan rings is 1. The maximum atomic E-state index is 12.9. The Morgan fingerprint density at radius 3 is 2.63 bits per heavy atom. The third kappa shape index (κ3) is 4.08. The van der Waals surface area contributed by atoms with Crippen molar-refractivity contribution in [1.82, 2.24) is 4.90 Å². The van der Waals surface area contributed by atoms with Crippen LogP contribution in [0.25, 0.3) is 0 Å². The van der Waals surface area contributed by atoms with Crippen LogP contribution in [0.3, 0.4) is 0 Å². The summed E-state index contributed by atoms with van der Waals surface area (Å²) in [7, 11) is 0. The van der Waals surface area contributed by atoms with E-state index in [1.807, 2.05) is 11.8 Å². The first kappa shape index (κ1) is 20.5. The SMILES string of the molecule is Cc1c(C(=O)N2CCCCC2)oc2c1/C(=N/Nc1cccc(C(F)(F)F)c1)CCC2. The van der Waals surface area contributed by atoms with E-state index in [1.165, 1.54) is 12.1 Å². The first-order valence-electron chi connectivity index (χ1n) is 10.3. The number of aryl methyl sites for hydroxylation is 1. The van der Waals surface area contributed by atoms with Crippen LogP contribution in [0.2, 0.25) is 0 Å². The molecule has 1 fully saturated rings. The average molecular weight is 419 g/mol. The molecule has 160 valence electrons. The molecule has 0 unspecified atom stereocenters. The molecule has 0 spiro atoms. The zero-order chi connectivity index (χ0) is 21.3. The Morgan fingerprint density at radius 1 is 1.13 bits per heavy atom. The van der Waals surface area contributed by atoms with Gasteiger partial charge >= 0.3 is 6.18 Å². The van der Waals surface area contributed by atoms with Crippen LogP contribution >= 0.6 is 0 Å². The number of fused-ring (bicyclic) bond motifs is 1. The Labute approximate surface area is 172 Å². The molecule has 2 heterocycles. The van der Waals surface area contributed by atoms with Crippen LogP contribution in [0.1, 0.15) is 65.1 Å². The normalized spacial score (nSPS) is 18.4. The highest BCUT2D eigenvalue weighted by Crippen LogP contribution is 2.32. The smallest absolute Gasteiger partial charge is 0.416 e. The molecule has 1 aromatic carbocycles. The molecule has 1 aliphatic carbocycles. The van der Waals surface area contributed by atoms with Crippen molar-refractivity contribution in [2.24, 2.45) is 5.10 Å². The zero-order valence-corrected chi connectivity index (χ0v) is 16.8. The molecule has 0 atom stereocenters. The molecule has 0 saturated carbocycles. The quantitative estimate of drug-likeness (QED) is 0.679. The van der Waals surface area contributed by atoms with Crippen LogP contribution < -0.4 is 5.43 Å². The first-order valence-corrected chi connectivity index (χ1v) is 10.3. The van der Waals surface area contributed by atoms with Gasteiger partial charge in [0.05, 0.1) is 17.0 Å². The summed E-state index contributed by atoms with van der Waals surface area (Å²) >= 11 is 0. The molecule has 5 nitrogen and oxygen atoms in total. The number of hydrogen-bond donors (Lipinski definition) is 1. The number of anilines is 1. The van der Waals surface area contributed by atoms with Crippen molar-refractivity contribution in [3.63, 3.8) is 0 Å². The number of carbonyl (C=O) groups excluding carboxylic acids is 1. The van der Waals surface area contributed by atoms with Gasteiger partial charge in [0.2, 0.25) is 0 Å². The Bertz CT molecular complexity index is 972. The van der Waals surface area contributed by atoms with Crippen molar-refractivity contribution in [2.75, 3.05) is 18.5 Å². The molecular weight excluding hydrogens is 395 g/mol. The van der Waals surface area contributed by atoms with Gasteiger partial charge < -0.3 is 9.32 Å². The Morgan fingerprint density at radius 2 is 1.90 bits per heavy atom. The molecule has 0 radical (unpaired) electrons. The lowest BCUT2D eigenvalue weighted by Crippen LogP contribution is -2.35. The minimum atomic E-state index is -4.41. The van der Waals surface area contributed by atoms with Gasteiger partial charge in [-0.25, -0.2) is 0 Å². The molecule has 1 amide bonds. The number of nitrogens with zero attached hydrogens (tertiary/aromatic N) is 2. The lowest BCUT2D eigenvalue weighted by atomic mass is 9.93. The zero-order valence-electron chi connectivity index (χ0n) is 16.8. The lowest BCUT2D eigenvalue weighted by Gasteiger charge is -2.25. The standard InChI is InChI=1S/C22H24F3N3O2/c1-14-19-17(27-26-16-8-5-7-15(13-16)22(23,24)25)9-6-10-18(19)30-20(14)21(29)28-11-3-2-4-12-28/h5,7-8,13,26H,2-4,6,9-12H2,1H3/b27-17+. The Balaban J connectivity index is 1.59. The summed E-state index contributed by atoms with van der Waals surface area (Å²) in [6.45, 7) is 3.33. The topological polar surface area (TPSA) is 57.8 Å². The van der Waals surface area contributed by atoms with Crippen LogP contribution in [0.5, 0.6) is 0 Å². The van der Waals surface area contributed by atoms with E-state index in [1.54, 1.807) is 0 Å². The van der Waals surface area contributed by atoms with Gasteiger partial charge in [0, 0.05) is 30.6 Å². The second kappa shape index (κ2) is 8.16. The molecule has 2 aliphatic rings. The average Bonchev–Trinajstić information content (AvgIpc) is 3.09. The highest BCUT2D eigenvalue weighted by molar-refractivity contribution is 6.06. The summed E-state index contributed by atoms with van der Waals surface area (Å²) in [6, 6.07) is 4.93. The number of carbonyl (C=O) groups is 1. The van der Waals surface area contributed by atoms with E-state index in [2.05, 4.69) is 10.5 Å². The van der Waals surface area contributed by atoms with Crippen molar-refractivity contribution >= 4 is 17.3 Å². The number of piperidine rings is 1. The van der Waals surface area contributed by atoms with E-state index in [0.717, 1.165) is 67.8 Å².